The SMILES string of the molecule is O=Cc1ccccc1Oc1ccc(Br)c(F)c1. The van der Waals surface area contributed by atoms with Gasteiger partial charge in [0.05, 0.1) is 10.0 Å². The second-order valence-electron chi connectivity index (χ2n) is 3.33. The van der Waals surface area contributed by atoms with Gasteiger partial charge >= 0.3 is 0 Å². The molecule has 0 aliphatic heterocycles. The first-order valence-electron chi connectivity index (χ1n) is 4.88. The molecule has 2 aromatic carbocycles. The van der Waals surface area contributed by atoms with Crippen molar-refractivity contribution in [3.63, 3.8) is 0 Å². The Bertz CT molecular complexity index is 555. The highest BCUT2D eigenvalue weighted by atomic mass is 79.9. The van der Waals surface area contributed by atoms with Crippen molar-refractivity contribution in [2.45, 2.75) is 0 Å². The molecule has 0 saturated heterocycles. The van der Waals surface area contributed by atoms with Crippen LogP contribution >= 0.6 is 15.9 Å². The lowest BCUT2D eigenvalue weighted by Gasteiger charge is -2.07. The first kappa shape index (κ1) is 11.8. The van der Waals surface area contributed by atoms with Crippen LogP contribution in [0.25, 0.3) is 0 Å². The summed E-state index contributed by atoms with van der Waals surface area (Å²) in [6.45, 7) is 0. The van der Waals surface area contributed by atoms with Crippen molar-refractivity contribution >= 4 is 22.2 Å². The molecular weight excluding hydrogens is 287 g/mol. The third-order valence-electron chi connectivity index (χ3n) is 2.16. The van der Waals surface area contributed by atoms with Crippen molar-refractivity contribution in [2.24, 2.45) is 0 Å². The van der Waals surface area contributed by atoms with E-state index in [1.807, 2.05) is 0 Å². The molecule has 0 aliphatic rings. The smallest absolute Gasteiger partial charge is 0.153 e. The van der Waals surface area contributed by atoms with Gasteiger partial charge in [-0.15, -0.1) is 0 Å². The normalized spacial score (nSPS) is 10.0. The van der Waals surface area contributed by atoms with E-state index in [2.05, 4.69) is 15.9 Å². The largest absolute Gasteiger partial charge is 0.457 e. The van der Waals surface area contributed by atoms with Crippen molar-refractivity contribution in [3.8, 4) is 11.5 Å². The zero-order valence-electron chi connectivity index (χ0n) is 8.69. The maximum Gasteiger partial charge on any atom is 0.153 e. The zero-order valence-corrected chi connectivity index (χ0v) is 10.3. The topological polar surface area (TPSA) is 26.3 Å². The minimum atomic E-state index is -0.411. The van der Waals surface area contributed by atoms with Gasteiger partial charge in [0.2, 0.25) is 0 Å². The first-order chi connectivity index (χ1) is 8.20. The Morgan fingerprint density at radius 2 is 1.94 bits per heavy atom. The summed E-state index contributed by atoms with van der Waals surface area (Å²) in [6, 6.07) is 11.2. The van der Waals surface area contributed by atoms with Crippen molar-refractivity contribution in [1.82, 2.24) is 0 Å². The van der Waals surface area contributed by atoms with Crippen LogP contribution in [-0.2, 0) is 0 Å². The van der Waals surface area contributed by atoms with Crippen LogP contribution in [0.5, 0.6) is 11.5 Å². The van der Waals surface area contributed by atoms with Gasteiger partial charge in [0.15, 0.2) is 6.29 Å². The van der Waals surface area contributed by atoms with Crippen molar-refractivity contribution < 1.29 is 13.9 Å². The number of hydrogen-bond acceptors (Lipinski definition) is 2. The predicted octanol–water partition coefficient (Wildman–Crippen LogP) is 4.19. The average molecular weight is 295 g/mol. The van der Waals surface area contributed by atoms with Crippen LogP contribution < -0.4 is 4.74 Å². The van der Waals surface area contributed by atoms with Crippen molar-refractivity contribution in [3.05, 3.63) is 58.3 Å². The molecule has 86 valence electrons. The maximum atomic E-state index is 13.3. The molecular formula is C13H8BrFO2. The van der Waals surface area contributed by atoms with Crippen LogP contribution in [0.3, 0.4) is 0 Å². The van der Waals surface area contributed by atoms with E-state index in [1.165, 1.54) is 6.07 Å². The van der Waals surface area contributed by atoms with E-state index in [0.29, 0.717) is 27.8 Å². The Kier molecular flexibility index (Phi) is 3.54. The minimum absolute atomic E-state index is 0.347. The third-order valence-corrected chi connectivity index (χ3v) is 2.81. The van der Waals surface area contributed by atoms with E-state index in [0.717, 1.165) is 0 Å². The second kappa shape index (κ2) is 5.10. The van der Waals surface area contributed by atoms with Crippen molar-refractivity contribution in [2.75, 3.05) is 0 Å². The monoisotopic (exact) mass is 294 g/mol. The molecule has 0 radical (unpaired) electrons. The Morgan fingerprint density at radius 1 is 1.18 bits per heavy atom. The van der Waals surface area contributed by atoms with Gasteiger partial charge in [0.1, 0.15) is 17.3 Å². The van der Waals surface area contributed by atoms with Crippen LogP contribution in [0.1, 0.15) is 10.4 Å². The van der Waals surface area contributed by atoms with Gasteiger partial charge in [-0.25, -0.2) is 4.39 Å². The predicted molar refractivity (Wildman–Crippen MR) is 66.0 cm³/mol. The standard InChI is InChI=1S/C13H8BrFO2/c14-11-6-5-10(7-12(11)15)17-13-4-2-1-3-9(13)8-16/h1-8H. The highest BCUT2D eigenvalue weighted by molar-refractivity contribution is 9.10. The molecule has 0 spiro atoms. The van der Waals surface area contributed by atoms with Crippen LogP contribution in [-0.4, -0.2) is 6.29 Å². The Labute approximate surface area is 106 Å². The van der Waals surface area contributed by atoms with Gasteiger partial charge in [-0.05, 0) is 40.2 Å². The van der Waals surface area contributed by atoms with E-state index in [1.54, 1.807) is 36.4 Å². The highest BCUT2D eigenvalue weighted by Crippen LogP contribution is 2.27. The average Bonchev–Trinajstić information content (AvgIpc) is 2.34. The van der Waals surface area contributed by atoms with E-state index in [9.17, 15) is 9.18 Å². The summed E-state index contributed by atoms with van der Waals surface area (Å²) in [5, 5.41) is 0. The fourth-order valence-electron chi connectivity index (χ4n) is 1.34. The molecule has 0 unspecified atom stereocenters. The highest BCUT2D eigenvalue weighted by Gasteiger charge is 2.05. The summed E-state index contributed by atoms with van der Waals surface area (Å²) in [5.41, 5.74) is 0.427. The number of hydrogen-bond donors (Lipinski definition) is 0. The molecule has 0 N–H and O–H groups in total. The van der Waals surface area contributed by atoms with E-state index in [-0.39, 0.29) is 0 Å². The summed E-state index contributed by atoms with van der Waals surface area (Å²) in [5.74, 6) is 0.343. The number of benzene rings is 2. The van der Waals surface area contributed by atoms with E-state index >= 15 is 0 Å². The lowest BCUT2D eigenvalue weighted by atomic mass is 10.2. The molecule has 4 heteroatoms. The summed E-state index contributed by atoms with van der Waals surface area (Å²) in [4.78, 5) is 10.8. The summed E-state index contributed by atoms with van der Waals surface area (Å²) in [6.07, 6.45) is 0.699. The molecule has 2 rings (SSSR count). The molecule has 0 bridgehead atoms. The van der Waals surface area contributed by atoms with Crippen LogP contribution in [0.2, 0.25) is 0 Å². The van der Waals surface area contributed by atoms with Gasteiger partial charge < -0.3 is 4.74 Å². The number of ether oxygens (including phenoxy) is 1. The van der Waals surface area contributed by atoms with Gasteiger partial charge in [0, 0.05) is 6.07 Å². The lowest BCUT2D eigenvalue weighted by Crippen LogP contribution is -1.90. The van der Waals surface area contributed by atoms with Gasteiger partial charge in [0.25, 0.3) is 0 Å². The maximum absolute atomic E-state index is 13.3. The number of carbonyl (C=O) groups excluding carboxylic acids is 1. The fraction of sp³-hybridized carbons (Fsp3) is 0. The Balaban J connectivity index is 2.31. The molecule has 0 atom stereocenters. The molecule has 0 aromatic heterocycles. The zero-order chi connectivity index (χ0) is 12.3. The van der Waals surface area contributed by atoms with Crippen LogP contribution in [0.15, 0.2) is 46.9 Å². The van der Waals surface area contributed by atoms with Gasteiger partial charge in [-0.1, -0.05) is 12.1 Å². The van der Waals surface area contributed by atoms with Crippen molar-refractivity contribution in [1.29, 1.82) is 0 Å². The number of halogens is 2. The first-order valence-corrected chi connectivity index (χ1v) is 5.67. The molecule has 0 fully saturated rings. The molecule has 2 nitrogen and oxygen atoms in total. The van der Waals surface area contributed by atoms with Gasteiger partial charge in [-0.2, -0.15) is 0 Å². The number of para-hydroxylation sites is 1. The lowest BCUT2D eigenvalue weighted by molar-refractivity contribution is 0.112. The molecule has 2 aromatic rings. The quantitative estimate of drug-likeness (QED) is 0.793. The number of rotatable bonds is 3. The van der Waals surface area contributed by atoms with Gasteiger partial charge in [-0.3, -0.25) is 4.79 Å². The molecule has 0 saturated carbocycles. The number of carbonyl (C=O) groups is 1. The third kappa shape index (κ3) is 2.71. The summed E-state index contributed by atoms with van der Waals surface area (Å²) in [7, 11) is 0. The number of aldehydes is 1. The minimum Gasteiger partial charge on any atom is -0.457 e. The second-order valence-corrected chi connectivity index (χ2v) is 4.19. The van der Waals surface area contributed by atoms with Crippen LogP contribution in [0.4, 0.5) is 4.39 Å². The van der Waals surface area contributed by atoms with E-state index < -0.39 is 5.82 Å². The summed E-state index contributed by atoms with van der Waals surface area (Å²) >= 11 is 3.06. The molecule has 0 amide bonds. The molecule has 0 aliphatic carbocycles. The molecule has 0 heterocycles. The fourth-order valence-corrected chi connectivity index (χ4v) is 1.58. The summed E-state index contributed by atoms with van der Waals surface area (Å²) < 4.78 is 19.1. The van der Waals surface area contributed by atoms with E-state index in [4.69, 9.17) is 4.74 Å². The van der Waals surface area contributed by atoms with Crippen LogP contribution in [0, 0.1) is 5.82 Å². The Morgan fingerprint density at radius 3 is 2.65 bits per heavy atom. The Hall–Kier alpha value is -1.68. The molecule has 17 heavy (non-hydrogen) atoms.